The number of carbonyl (C=O) groups is 2. The van der Waals surface area contributed by atoms with Crippen LogP contribution in [0.5, 0.6) is 11.5 Å². The predicted octanol–water partition coefficient (Wildman–Crippen LogP) is 11.5. The minimum Gasteiger partial charge on any atom is -0.492 e. The van der Waals surface area contributed by atoms with Crippen LogP contribution in [0.1, 0.15) is 90.6 Å². The number of halogens is 3. The average Bonchev–Trinajstić information content (AvgIpc) is 4.14. The van der Waals surface area contributed by atoms with Crippen LogP contribution < -0.4 is 31.6 Å². The molecule has 12 nitrogen and oxygen atoms in total. The number of nitrogens with zero attached hydrogens (tertiary/aromatic N) is 4. The number of ether oxygens (including phenoxy) is 2. The molecule has 0 radical (unpaired) electrons. The Morgan fingerprint density at radius 3 is 1.77 bits per heavy atom. The van der Waals surface area contributed by atoms with Crippen molar-refractivity contribution in [1.82, 2.24) is 14.8 Å². The fourth-order valence-electron chi connectivity index (χ4n) is 7.18. The summed E-state index contributed by atoms with van der Waals surface area (Å²) in [5, 5.41) is 7.87. The van der Waals surface area contributed by atoms with Gasteiger partial charge in [-0.15, -0.1) is 0 Å². The van der Waals surface area contributed by atoms with E-state index in [9.17, 15) is 18.4 Å². The van der Waals surface area contributed by atoms with Crippen molar-refractivity contribution < 1.29 is 27.8 Å². The monoisotopic (exact) mass is 1100 g/mol. The van der Waals surface area contributed by atoms with E-state index in [-0.39, 0.29) is 51.7 Å². The molecular formula is C51H68BrF2N8O4PS3. The van der Waals surface area contributed by atoms with Gasteiger partial charge in [0.05, 0.1) is 5.33 Å². The second-order valence-electron chi connectivity index (χ2n) is 15.7. The van der Waals surface area contributed by atoms with Crippen molar-refractivity contribution in [2.75, 3.05) is 79.9 Å². The first-order chi connectivity index (χ1) is 32.9. The molecule has 4 aromatic carbocycles. The molecule has 5 aromatic rings. The van der Waals surface area contributed by atoms with Gasteiger partial charge in [-0.1, -0.05) is 67.2 Å². The van der Waals surface area contributed by atoms with Gasteiger partial charge in [-0.2, -0.15) is 14.9 Å². The molecule has 1 aromatic heterocycles. The van der Waals surface area contributed by atoms with Gasteiger partial charge in [0.2, 0.25) is 5.78 Å². The van der Waals surface area contributed by atoms with Crippen molar-refractivity contribution in [2.24, 2.45) is 10.7 Å². The molecule has 7 rings (SSSR count). The van der Waals surface area contributed by atoms with E-state index in [0.29, 0.717) is 62.0 Å². The Morgan fingerprint density at radius 1 is 0.800 bits per heavy atom. The molecule has 380 valence electrons. The number of aromatic nitrogens is 1. The van der Waals surface area contributed by atoms with Crippen LogP contribution in [0, 0.1) is 11.6 Å². The van der Waals surface area contributed by atoms with Gasteiger partial charge >= 0.3 is 0 Å². The highest BCUT2D eigenvalue weighted by molar-refractivity contribution is 9.09. The van der Waals surface area contributed by atoms with Crippen LogP contribution in [0.2, 0.25) is 0 Å². The van der Waals surface area contributed by atoms with Crippen LogP contribution in [0.3, 0.4) is 0 Å². The van der Waals surface area contributed by atoms with Crippen molar-refractivity contribution in [3.05, 3.63) is 124 Å². The molecular weight excluding hydrogens is 1030 g/mol. The van der Waals surface area contributed by atoms with Crippen molar-refractivity contribution in [2.45, 2.75) is 66.7 Å². The lowest BCUT2D eigenvalue weighted by Crippen LogP contribution is -2.25. The summed E-state index contributed by atoms with van der Waals surface area (Å²) >= 11 is 10.9. The Labute approximate surface area is 437 Å². The molecule has 2 aliphatic heterocycles. The van der Waals surface area contributed by atoms with Crippen molar-refractivity contribution >= 4 is 105 Å². The molecule has 0 amide bonds. The Balaban J connectivity index is 0.000000299. The van der Waals surface area contributed by atoms with E-state index in [4.69, 9.17) is 33.2 Å². The van der Waals surface area contributed by atoms with Gasteiger partial charge in [0.25, 0.3) is 0 Å². The molecule has 0 bridgehead atoms. The number of hydrogen-bond acceptors (Lipinski definition) is 12. The molecule has 2 aliphatic rings. The van der Waals surface area contributed by atoms with Crippen LogP contribution in [0.15, 0.2) is 89.9 Å². The number of Topliss-reactive ketones (excluding diaryl/α,β-unsaturated/α-hetero) is 1. The maximum absolute atomic E-state index is 13.8. The summed E-state index contributed by atoms with van der Waals surface area (Å²) in [4.78, 5) is 37.7. The standard InChI is InChI=1S/C24H27FN4O2S.C16H24N4OS2.C10H10BrFO.CH4.H3P/c1-2-16-15-17(5-10-20(16)25)21(30)22-23(26)28-24(32-22)27-18-6-8-19(9-7-18)31-14-13-29-11-3-4-12-29;1-2-23-15(17)19-16(22)18-13-5-7-14(8-6-13)21-12-11-20-9-3-4-10-20;1-2-7-5-8(10(13)6-11)3-4-9(7)12;;/h5-10,15H,2-4,11-14,26H2,1H3,(H,27,28);5-8H,2-4,9-12H2,1H3,(H3,17,18,19,22);3-5H,2,6H2,1H3;1H4;1H3. The van der Waals surface area contributed by atoms with Crippen LogP contribution in [-0.2, 0) is 12.8 Å². The second kappa shape index (κ2) is 31.7. The van der Waals surface area contributed by atoms with Crippen LogP contribution >= 0.6 is 61.1 Å². The molecule has 0 spiro atoms. The molecule has 3 heterocycles. The summed E-state index contributed by atoms with van der Waals surface area (Å²) in [6.45, 7) is 13.8. The van der Waals surface area contributed by atoms with E-state index in [1.54, 1.807) is 12.1 Å². The molecule has 1 unspecified atom stereocenters. The predicted molar refractivity (Wildman–Crippen MR) is 302 cm³/mol. The maximum atomic E-state index is 13.8. The zero-order valence-corrected chi connectivity index (χ0v) is 45.0. The zero-order chi connectivity index (χ0) is 48.8. The van der Waals surface area contributed by atoms with E-state index < -0.39 is 0 Å². The van der Waals surface area contributed by atoms with E-state index in [1.807, 2.05) is 69.3 Å². The summed E-state index contributed by atoms with van der Waals surface area (Å²) in [7, 11) is 0. The number of likely N-dealkylation sites (tertiary alicyclic amines) is 2. The number of thiocarbonyl (C=S) groups is 1. The number of anilines is 4. The number of hydrogen-bond donors (Lipinski definition) is 4. The molecule has 1 atom stereocenters. The van der Waals surface area contributed by atoms with Gasteiger partial charge < -0.3 is 31.6 Å². The average molecular weight is 1100 g/mol. The van der Waals surface area contributed by atoms with Crippen LogP contribution in [-0.4, -0.2) is 100 Å². The van der Waals surface area contributed by atoms with Crippen LogP contribution in [0.4, 0.5) is 31.1 Å². The number of amidine groups is 1. The number of ketones is 2. The Morgan fingerprint density at radius 2 is 1.29 bits per heavy atom. The minimum atomic E-state index is -0.313. The van der Waals surface area contributed by atoms with Gasteiger partial charge in [0.15, 0.2) is 21.2 Å². The largest absolute Gasteiger partial charge is 0.492 e. The number of alkyl halides is 1. The lowest BCUT2D eigenvalue weighted by molar-refractivity contribution is 0.102. The number of thiazole rings is 1. The number of carbonyl (C=O) groups excluding carboxylic acids is 2. The number of rotatable bonds is 18. The summed E-state index contributed by atoms with van der Waals surface area (Å²) in [6, 6.07) is 24.2. The number of nitrogen functional groups attached to an aromatic ring is 1. The SMILES string of the molecule is C.CCSC(N)=NC(=S)Nc1ccc(OCCN2CCCC2)cc1.CCc1cc(C(=O)CBr)ccc1F.CCc1cc(C(=O)c2sc(Nc3ccc(OCCN4CCCC4)cc3)nc2N)ccc1F.P. The summed E-state index contributed by atoms with van der Waals surface area (Å²) in [5.41, 5.74) is 15.5. The zero-order valence-electron chi connectivity index (χ0n) is 39.5. The fourth-order valence-corrected chi connectivity index (χ4v) is 9.10. The third-order valence-electron chi connectivity index (χ3n) is 10.9. The normalized spacial score (nSPS) is 13.4. The highest BCUT2D eigenvalue weighted by Crippen LogP contribution is 2.31. The van der Waals surface area contributed by atoms with Gasteiger partial charge in [0.1, 0.15) is 47.0 Å². The van der Waals surface area contributed by atoms with Gasteiger partial charge in [-0.05, 0) is 179 Å². The first kappa shape index (κ1) is 59.8. The summed E-state index contributed by atoms with van der Waals surface area (Å²) in [6.07, 6.45) is 6.29. The third-order valence-corrected chi connectivity index (χ3v) is 13.2. The molecule has 6 N–H and O–H groups in total. The Kier molecular flexibility index (Phi) is 27.1. The molecule has 2 fully saturated rings. The number of aliphatic imine (C=N–C) groups is 1. The third kappa shape index (κ3) is 19.6. The highest BCUT2D eigenvalue weighted by atomic mass is 79.9. The minimum absolute atomic E-state index is 0. The van der Waals surface area contributed by atoms with Gasteiger partial charge in [-0.3, -0.25) is 19.4 Å². The molecule has 0 saturated carbocycles. The Bertz CT molecular complexity index is 2440. The highest BCUT2D eigenvalue weighted by Gasteiger charge is 2.20. The van der Waals surface area contributed by atoms with E-state index in [2.05, 4.69) is 46.3 Å². The topological polar surface area (TPSA) is 160 Å². The maximum Gasteiger partial charge on any atom is 0.206 e. The first-order valence-electron chi connectivity index (χ1n) is 22.8. The smallest absolute Gasteiger partial charge is 0.206 e. The number of aryl methyl sites for hydroxylation is 2. The molecule has 2 saturated heterocycles. The van der Waals surface area contributed by atoms with E-state index in [0.717, 1.165) is 61.4 Å². The summed E-state index contributed by atoms with van der Waals surface area (Å²) in [5.74, 6) is 1.88. The molecule has 70 heavy (non-hydrogen) atoms. The molecule has 19 heteroatoms. The van der Waals surface area contributed by atoms with Crippen molar-refractivity contribution in [3.8, 4) is 11.5 Å². The number of thioether (sulfide) groups is 1. The van der Waals surface area contributed by atoms with Gasteiger partial charge in [0, 0.05) is 35.6 Å². The lowest BCUT2D eigenvalue weighted by Gasteiger charge is -2.15. The van der Waals surface area contributed by atoms with E-state index >= 15 is 0 Å². The number of benzene rings is 4. The Hall–Kier alpha value is -4.55. The second-order valence-corrected chi connectivity index (χ2v) is 19.0. The number of nitrogens with two attached hydrogens (primary N) is 2. The number of nitrogens with one attached hydrogen (secondary N) is 2. The van der Waals surface area contributed by atoms with Crippen LogP contribution in [0.25, 0.3) is 0 Å². The first-order valence-corrected chi connectivity index (χ1v) is 26.1. The van der Waals surface area contributed by atoms with Crippen molar-refractivity contribution in [1.29, 1.82) is 0 Å². The van der Waals surface area contributed by atoms with Gasteiger partial charge in [-0.25, -0.2) is 13.8 Å². The summed E-state index contributed by atoms with van der Waals surface area (Å²) < 4.78 is 38.4. The lowest BCUT2D eigenvalue weighted by atomic mass is 10.0. The van der Waals surface area contributed by atoms with E-state index in [1.165, 1.54) is 86.1 Å². The van der Waals surface area contributed by atoms with Crippen molar-refractivity contribution in [3.63, 3.8) is 0 Å². The fraction of sp³-hybridized carbons (Fsp3) is 0.392. The quantitative estimate of drug-likeness (QED) is 0.0164. The molecule has 0 aliphatic carbocycles.